The van der Waals surface area contributed by atoms with Crippen molar-refractivity contribution in [3.63, 3.8) is 0 Å². The van der Waals surface area contributed by atoms with Gasteiger partial charge in [-0.1, -0.05) is 42.8 Å². The molecule has 1 atom stereocenters. The van der Waals surface area contributed by atoms with Crippen molar-refractivity contribution in [2.75, 3.05) is 0 Å². The molecule has 1 aromatic rings. The molecule has 90 valence electrons. The number of rotatable bonds is 3. The molecule has 0 heterocycles. The van der Waals surface area contributed by atoms with E-state index in [4.69, 9.17) is 0 Å². The minimum absolute atomic E-state index is 0.306. The lowest BCUT2D eigenvalue weighted by Crippen LogP contribution is -2.11. The molecule has 1 aromatic carbocycles. The van der Waals surface area contributed by atoms with E-state index in [1.165, 1.54) is 5.56 Å². The summed E-state index contributed by atoms with van der Waals surface area (Å²) < 4.78 is 0. The predicted octanol–water partition coefficient (Wildman–Crippen LogP) is 3.85. The molecule has 0 bridgehead atoms. The average Bonchev–Trinajstić information content (AvgIpc) is 2.33. The predicted molar refractivity (Wildman–Crippen MR) is 71.0 cm³/mol. The van der Waals surface area contributed by atoms with E-state index in [-0.39, 0.29) is 0 Å². The van der Waals surface area contributed by atoms with Crippen LogP contribution in [0.1, 0.15) is 37.3 Å². The van der Waals surface area contributed by atoms with Crippen LogP contribution in [0.2, 0.25) is 0 Å². The van der Waals surface area contributed by atoms with E-state index in [0.717, 1.165) is 36.3 Å². The molecule has 0 spiro atoms. The Morgan fingerprint density at radius 3 is 2.59 bits per heavy atom. The van der Waals surface area contributed by atoms with Crippen LogP contribution in [0.15, 0.2) is 35.9 Å². The monoisotopic (exact) mass is 228 g/mol. The zero-order chi connectivity index (χ0) is 12.3. The number of aryl methyl sites for hydroxylation is 1. The summed E-state index contributed by atoms with van der Waals surface area (Å²) in [6.45, 7) is 4.31. The Morgan fingerprint density at radius 1 is 1.29 bits per heavy atom. The van der Waals surface area contributed by atoms with Crippen molar-refractivity contribution < 1.29 is 4.79 Å². The third kappa shape index (κ3) is 3.29. The molecule has 1 heteroatoms. The number of carbonyl (C=O) groups excluding carboxylic acids is 1. The third-order valence-electron chi connectivity index (χ3n) is 3.52. The highest BCUT2D eigenvalue weighted by Crippen LogP contribution is 2.24. The number of hydrogen-bond donors (Lipinski definition) is 0. The fourth-order valence-electron chi connectivity index (χ4n) is 2.22. The van der Waals surface area contributed by atoms with Crippen LogP contribution in [0.3, 0.4) is 0 Å². The zero-order valence-corrected chi connectivity index (χ0v) is 10.7. The summed E-state index contributed by atoms with van der Waals surface area (Å²) in [7, 11) is 0. The van der Waals surface area contributed by atoms with Crippen molar-refractivity contribution in [3.05, 3.63) is 47.0 Å². The Kier molecular flexibility index (Phi) is 3.78. The van der Waals surface area contributed by atoms with Gasteiger partial charge in [-0.25, -0.2) is 0 Å². The standard InChI is InChI=1S/C16H20O/c1-12-3-7-14(8-4-12)11-16(17)15-9-5-13(2)6-10-15/h3-4,7-9,13H,5-6,10-11H2,1-2H3. The van der Waals surface area contributed by atoms with E-state index < -0.39 is 0 Å². The summed E-state index contributed by atoms with van der Waals surface area (Å²) >= 11 is 0. The minimum Gasteiger partial charge on any atom is -0.294 e. The summed E-state index contributed by atoms with van der Waals surface area (Å²) in [6, 6.07) is 8.25. The van der Waals surface area contributed by atoms with E-state index in [1.54, 1.807) is 0 Å². The number of carbonyl (C=O) groups is 1. The maximum absolute atomic E-state index is 12.1. The van der Waals surface area contributed by atoms with Crippen LogP contribution < -0.4 is 0 Å². The lowest BCUT2D eigenvalue weighted by molar-refractivity contribution is -0.115. The molecule has 0 aliphatic heterocycles. The Balaban J connectivity index is 2.00. The number of Topliss-reactive ketones (excluding diaryl/α,β-unsaturated/α-hetero) is 1. The molecular weight excluding hydrogens is 208 g/mol. The highest BCUT2D eigenvalue weighted by molar-refractivity contribution is 5.96. The van der Waals surface area contributed by atoms with Crippen LogP contribution in [0.4, 0.5) is 0 Å². The number of allylic oxidation sites excluding steroid dienone is 2. The number of hydrogen-bond acceptors (Lipinski definition) is 1. The summed E-state index contributed by atoms with van der Waals surface area (Å²) in [5.41, 5.74) is 3.41. The second-order valence-electron chi connectivity index (χ2n) is 5.19. The summed E-state index contributed by atoms with van der Waals surface area (Å²) in [6.07, 6.45) is 5.89. The second-order valence-corrected chi connectivity index (χ2v) is 5.19. The zero-order valence-electron chi connectivity index (χ0n) is 10.7. The second kappa shape index (κ2) is 5.31. The van der Waals surface area contributed by atoms with E-state index in [9.17, 15) is 4.79 Å². The largest absolute Gasteiger partial charge is 0.294 e. The van der Waals surface area contributed by atoms with Gasteiger partial charge in [-0.05, 0) is 43.2 Å². The molecule has 1 nitrogen and oxygen atoms in total. The molecule has 0 N–H and O–H groups in total. The molecule has 0 amide bonds. The minimum atomic E-state index is 0.306. The maximum Gasteiger partial charge on any atom is 0.162 e. The maximum atomic E-state index is 12.1. The molecule has 1 aliphatic carbocycles. The van der Waals surface area contributed by atoms with E-state index in [2.05, 4.69) is 44.2 Å². The Bertz CT molecular complexity index is 425. The van der Waals surface area contributed by atoms with Gasteiger partial charge in [0.05, 0.1) is 0 Å². The van der Waals surface area contributed by atoms with Gasteiger partial charge >= 0.3 is 0 Å². The molecule has 0 radical (unpaired) electrons. The van der Waals surface area contributed by atoms with Crippen LogP contribution in [0.25, 0.3) is 0 Å². The van der Waals surface area contributed by atoms with Crippen molar-refractivity contribution in [2.24, 2.45) is 5.92 Å². The van der Waals surface area contributed by atoms with Gasteiger partial charge in [0.25, 0.3) is 0 Å². The molecule has 17 heavy (non-hydrogen) atoms. The Morgan fingerprint density at radius 2 is 2.00 bits per heavy atom. The molecule has 0 saturated carbocycles. The van der Waals surface area contributed by atoms with E-state index in [0.29, 0.717) is 12.2 Å². The van der Waals surface area contributed by atoms with Gasteiger partial charge in [-0.2, -0.15) is 0 Å². The fourth-order valence-corrected chi connectivity index (χ4v) is 2.22. The molecule has 1 unspecified atom stereocenters. The van der Waals surface area contributed by atoms with Crippen LogP contribution in [-0.2, 0) is 11.2 Å². The van der Waals surface area contributed by atoms with Gasteiger partial charge < -0.3 is 0 Å². The van der Waals surface area contributed by atoms with Gasteiger partial charge in [0.1, 0.15) is 0 Å². The normalized spacial score (nSPS) is 19.9. The first-order valence-electron chi connectivity index (χ1n) is 6.43. The van der Waals surface area contributed by atoms with Crippen molar-refractivity contribution in [1.29, 1.82) is 0 Å². The topological polar surface area (TPSA) is 17.1 Å². The van der Waals surface area contributed by atoms with Crippen molar-refractivity contribution in [2.45, 2.75) is 39.5 Å². The summed E-state index contributed by atoms with van der Waals surface area (Å²) in [5, 5.41) is 0. The summed E-state index contributed by atoms with van der Waals surface area (Å²) in [5.74, 6) is 1.05. The fraction of sp³-hybridized carbons (Fsp3) is 0.438. The average molecular weight is 228 g/mol. The molecule has 2 rings (SSSR count). The highest BCUT2D eigenvalue weighted by atomic mass is 16.1. The Labute approximate surface area is 104 Å². The van der Waals surface area contributed by atoms with Gasteiger partial charge in [0.15, 0.2) is 5.78 Å². The summed E-state index contributed by atoms with van der Waals surface area (Å²) in [4.78, 5) is 12.1. The van der Waals surface area contributed by atoms with Gasteiger partial charge in [0.2, 0.25) is 0 Å². The number of ketones is 1. The van der Waals surface area contributed by atoms with E-state index >= 15 is 0 Å². The van der Waals surface area contributed by atoms with E-state index in [1.807, 2.05) is 0 Å². The van der Waals surface area contributed by atoms with Crippen LogP contribution >= 0.6 is 0 Å². The Hall–Kier alpha value is -1.37. The van der Waals surface area contributed by atoms with Crippen LogP contribution in [0, 0.1) is 12.8 Å². The van der Waals surface area contributed by atoms with Crippen molar-refractivity contribution >= 4 is 5.78 Å². The lowest BCUT2D eigenvalue weighted by atomic mass is 9.88. The first-order valence-corrected chi connectivity index (χ1v) is 6.43. The highest BCUT2D eigenvalue weighted by Gasteiger charge is 2.15. The molecule has 0 saturated heterocycles. The van der Waals surface area contributed by atoms with Gasteiger partial charge in [-0.3, -0.25) is 4.79 Å². The van der Waals surface area contributed by atoms with Crippen molar-refractivity contribution in [1.82, 2.24) is 0 Å². The molecular formula is C16H20O. The SMILES string of the molecule is Cc1ccc(CC(=O)C2=CCC(C)CC2)cc1. The van der Waals surface area contributed by atoms with Gasteiger partial charge in [-0.15, -0.1) is 0 Å². The van der Waals surface area contributed by atoms with Gasteiger partial charge in [0, 0.05) is 6.42 Å². The molecule has 1 aliphatic rings. The molecule has 0 fully saturated rings. The van der Waals surface area contributed by atoms with Crippen LogP contribution in [0.5, 0.6) is 0 Å². The molecule has 0 aromatic heterocycles. The van der Waals surface area contributed by atoms with Crippen LogP contribution in [-0.4, -0.2) is 5.78 Å². The number of benzene rings is 1. The first-order chi connectivity index (χ1) is 8.15. The first kappa shape index (κ1) is 12.1. The third-order valence-corrected chi connectivity index (χ3v) is 3.52. The quantitative estimate of drug-likeness (QED) is 0.768. The smallest absolute Gasteiger partial charge is 0.162 e. The lowest BCUT2D eigenvalue weighted by Gasteiger charge is -2.17. The van der Waals surface area contributed by atoms with Crippen molar-refractivity contribution in [3.8, 4) is 0 Å².